The van der Waals surface area contributed by atoms with Crippen molar-refractivity contribution in [3.05, 3.63) is 70.3 Å². The normalized spacial score (nSPS) is 20.6. The van der Waals surface area contributed by atoms with Gasteiger partial charge < -0.3 is 10.5 Å². The Kier molecular flexibility index (Phi) is 3.25. The summed E-state index contributed by atoms with van der Waals surface area (Å²) in [4.78, 5) is 0. The molecule has 5 heteroatoms. The molecular formula is C21H23N4O+. The van der Waals surface area contributed by atoms with Crippen LogP contribution < -0.4 is 10.3 Å². The lowest BCUT2D eigenvalue weighted by Gasteiger charge is -2.23. The fourth-order valence-electron chi connectivity index (χ4n) is 4.63. The van der Waals surface area contributed by atoms with Gasteiger partial charge in [0.05, 0.1) is 0 Å². The maximum atomic E-state index is 6.14. The second-order valence-corrected chi connectivity index (χ2v) is 7.59. The van der Waals surface area contributed by atoms with E-state index in [9.17, 15) is 0 Å². The van der Waals surface area contributed by atoms with E-state index in [2.05, 4.69) is 55.9 Å². The first-order chi connectivity index (χ1) is 12.5. The van der Waals surface area contributed by atoms with Gasteiger partial charge in [0, 0.05) is 17.2 Å². The number of benzene rings is 2. The molecule has 2 N–H and O–H groups in total. The van der Waals surface area contributed by atoms with E-state index in [4.69, 9.17) is 15.6 Å². The van der Waals surface area contributed by atoms with Crippen LogP contribution in [0.1, 0.15) is 39.7 Å². The minimum absolute atomic E-state index is 0.150. The fraction of sp³-hybridized carbons (Fsp3) is 0.333. The first-order valence-electron chi connectivity index (χ1n) is 9.09. The Morgan fingerprint density at radius 3 is 2.69 bits per heavy atom. The second kappa shape index (κ2) is 5.42. The molecular weight excluding hydrogens is 324 g/mol. The van der Waals surface area contributed by atoms with E-state index in [0.717, 1.165) is 23.6 Å². The van der Waals surface area contributed by atoms with Gasteiger partial charge in [-0.05, 0) is 55.2 Å². The summed E-state index contributed by atoms with van der Waals surface area (Å²) in [6.45, 7) is 6.96. The van der Waals surface area contributed by atoms with E-state index >= 15 is 0 Å². The molecule has 2 aliphatic rings. The second-order valence-electron chi connectivity index (χ2n) is 7.59. The third kappa shape index (κ3) is 2.20. The van der Waals surface area contributed by atoms with Crippen molar-refractivity contribution in [2.75, 3.05) is 5.73 Å². The quantitative estimate of drug-likeness (QED) is 0.544. The molecule has 0 radical (unpaired) electrons. The lowest BCUT2D eigenvalue weighted by molar-refractivity contribution is -0.739. The predicted molar refractivity (Wildman–Crippen MR) is 99.2 cm³/mol. The Balaban J connectivity index is 1.65. The van der Waals surface area contributed by atoms with Crippen LogP contribution in [0.4, 0.5) is 5.69 Å². The zero-order chi connectivity index (χ0) is 18.0. The van der Waals surface area contributed by atoms with E-state index in [0.29, 0.717) is 6.61 Å². The highest BCUT2D eigenvalue weighted by molar-refractivity contribution is 5.49. The van der Waals surface area contributed by atoms with Gasteiger partial charge in [0.15, 0.2) is 0 Å². The van der Waals surface area contributed by atoms with E-state index in [1.54, 1.807) is 0 Å². The fourth-order valence-corrected chi connectivity index (χ4v) is 4.63. The van der Waals surface area contributed by atoms with Crippen molar-refractivity contribution in [3.8, 4) is 5.69 Å². The van der Waals surface area contributed by atoms with E-state index in [1.165, 1.54) is 27.8 Å². The summed E-state index contributed by atoms with van der Waals surface area (Å²) in [6.07, 6.45) is 3.21. The number of aromatic nitrogens is 3. The van der Waals surface area contributed by atoms with Gasteiger partial charge in [-0.3, -0.25) is 0 Å². The first kappa shape index (κ1) is 15.6. The summed E-state index contributed by atoms with van der Waals surface area (Å²) in [5.74, 6) is 0.959. The summed E-state index contributed by atoms with van der Waals surface area (Å²) in [7, 11) is 0. The Morgan fingerprint density at radius 2 is 1.92 bits per heavy atom. The van der Waals surface area contributed by atoms with Gasteiger partial charge >= 0.3 is 5.82 Å². The number of nitrogens with two attached hydrogens (primary N) is 1. The summed E-state index contributed by atoms with van der Waals surface area (Å²) in [5.41, 5.74) is 14.3. The summed E-state index contributed by atoms with van der Waals surface area (Å²) in [6, 6.07) is 10.8. The molecule has 5 nitrogen and oxygen atoms in total. The zero-order valence-corrected chi connectivity index (χ0v) is 15.4. The average molecular weight is 347 g/mol. The number of anilines is 1. The van der Waals surface area contributed by atoms with Crippen LogP contribution in [0.5, 0.6) is 0 Å². The summed E-state index contributed by atoms with van der Waals surface area (Å²) < 4.78 is 10.4. The third-order valence-corrected chi connectivity index (χ3v) is 5.61. The molecule has 2 heterocycles. The number of nitrogens with zero attached hydrogens (tertiary/aromatic N) is 3. The van der Waals surface area contributed by atoms with Crippen LogP contribution in [0.25, 0.3) is 5.69 Å². The molecule has 0 bridgehead atoms. The number of rotatable bonds is 1. The molecule has 2 atom stereocenters. The van der Waals surface area contributed by atoms with Crippen LogP contribution in [0.15, 0.2) is 36.7 Å². The van der Waals surface area contributed by atoms with Gasteiger partial charge in [-0.1, -0.05) is 28.4 Å². The van der Waals surface area contributed by atoms with Gasteiger partial charge in [-0.15, -0.1) is 0 Å². The van der Waals surface area contributed by atoms with Crippen molar-refractivity contribution in [2.24, 2.45) is 0 Å². The lowest BCUT2D eigenvalue weighted by atomic mass is 10.1. The number of nitrogen functional groups attached to an aromatic ring is 1. The molecule has 26 heavy (non-hydrogen) atoms. The van der Waals surface area contributed by atoms with Crippen molar-refractivity contribution in [1.29, 1.82) is 0 Å². The van der Waals surface area contributed by atoms with Gasteiger partial charge in [-0.25, -0.2) is 4.57 Å². The van der Waals surface area contributed by atoms with Gasteiger partial charge in [0.1, 0.15) is 24.4 Å². The molecule has 0 spiro atoms. The van der Waals surface area contributed by atoms with E-state index in [1.807, 2.05) is 10.7 Å². The van der Waals surface area contributed by atoms with Crippen LogP contribution in [0.3, 0.4) is 0 Å². The number of ether oxygens (including phenoxy) is 1. The first-order valence-corrected chi connectivity index (χ1v) is 9.09. The van der Waals surface area contributed by atoms with Crippen molar-refractivity contribution in [3.63, 3.8) is 0 Å². The number of aryl methyl sites for hydroxylation is 3. The van der Waals surface area contributed by atoms with Crippen LogP contribution >= 0.6 is 0 Å². The smallest absolute Gasteiger partial charge is 0.304 e. The van der Waals surface area contributed by atoms with Crippen molar-refractivity contribution >= 4 is 5.69 Å². The molecule has 1 aliphatic heterocycles. The Labute approximate surface area is 153 Å². The highest BCUT2D eigenvalue weighted by Crippen LogP contribution is 2.37. The van der Waals surface area contributed by atoms with Crippen molar-refractivity contribution in [1.82, 2.24) is 9.78 Å². The Hall–Kier alpha value is -2.66. The highest BCUT2D eigenvalue weighted by atomic mass is 16.5. The molecule has 0 amide bonds. The van der Waals surface area contributed by atoms with Crippen LogP contribution in [0, 0.1) is 20.8 Å². The predicted octanol–water partition coefficient (Wildman–Crippen LogP) is 2.71. The van der Waals surface area contributed by atoms with Crippen LogP contribution in [-0.4, -0.2) is 15.9 Å². The number of hydrogen-bond acceptors (Lipinski definition) is 3. The molecule has 0 fully saturated rings. The summed E-state index contributed by atoms with van der Waals surface area (Å²) >= 11 is 0. The largest absolute Gasteiger partial charge is 0.399 e. The molecule has 132 valence electrons. The molecule has 0 saturated heterocycles. The molecule has 0 unspecified atom stereocenters. The lowest BCUT2D eigenvalue weighted by Crippen LogP contribution is -2.51. The molecule has 5 rings (SSSR count). The van der Waals surface area contributed by atoms with Gasteiger partial charge in [-0.2, -0.15) is 0 Å². The molecule has 1 aliphatic carbocycles. The van der Waals surface area contributed by atoms with E-state index in [-0.39, 0.29) is 12.1 Å². The summed E-state index contributed by atoms with van der Waals surface area (Å²) in [5, 5.41) is 4.85. The maximum absolute atomic E-state index is 6.14. The maximum Gasteiger partial charge on any atom is 0.304 e. The molecule has 1 aromatic heterocycles. The van der Waals surface area contributed by atoms with Crippen LogP contribution in [0.2, 0.25) is 0 Å². The molecule has 0 saturated carbocycles. The van der Waals surface area contributed by atoms with Crippen molar-refractivity contribution in [2.45, 2.75) is 45.9 Å². The Morgan fingerprint density at radius 1 is 1.15 bits per heavy atom. The van der Waals surface area contributed by atoms with Gasteiger partial charge in [0.2, 0.25) is 6.33 Å². The Bertz CT molecular complexity index is 1010. The topological polar surface area (TPSA) is 57.0 Å². The van der Waals surface area contributed by atoms with Gasteiger partial charge in [0.25, 0.3) is 0 Å². The minimum Gasteiger partial charge on any atom is -0.399 e. The average Bonchev–Trinajstić information content (AvgIpc) is 3.14. The highest BCUT2D eigenvalue weighted by Gasteiger charge is 2.43. The molecule has 2 aromatic carbocycles. The third-order valence-electron chi connectivity index (χ3n) is 5.61. The monoisotopic (exact) mass is 347 g/mol. The molecule has 3 aromatic rings. The minimum atomic E-state index is 0.150. The number of hydrogen-bond donors (Lipinski definition) is 1. The van der Waals surface area contributed by atoms with E-state index < -0.39 is 0 Å². The zero-order valence-electron chi connectivity index (χ0n) is 15.4. The standard InChI is InChI=1S/C21H23N4O/c1-12-6-13(2)20(14(3)7-12)25-11-24-19(23-25)10-26-18-8-15-4-5-16(22)9-17(15)21(18)24/h4-7,9,11,18,21H,8,10,22H2,1-3H3/q+1/t18-,21+/m0/s1. The van der Waals surface area contributed by atoms with Crippen LogP contribution in [-0.2, 0) is 17.8 Å². The van der Waals surface area contributed by atoms with Crippen molar-refractivity contribution < 1.29 is 9.30 Å². The SMILES string of the molecule is Cc1cc(C)c(-n2c[n+]3c(n2)CO[C@H]2Cc4ccc(N)cc4[C@H]23)c(C)c1. The number of fused-ring (bicyclic) bond motifs is 5.